The first kappa shape index (κ1) is 17.0. The van der Waals surface area contributed by atoms with Crippen LogP contribution in [-0.4, -0.2) is 25.6 Å². The molecule has 6 nitrogen and oxygen atoms in total. The minimum absolute atomic E-state index is 0.199. The van der Waals surface area contributed by atoms with E-state index in [4.69, 9.17) is 0 Å². The molecule has 0 bridgehead atoms. The van der Waals surface area contributed by atoms with Crippen LogP contribution in [0.4, 0.5) is 5.82 Å². The zero-order chi connectivity index (χ0) is 18.4. The van der Waals surface area contributed by atoms with E-state index < -0.39 is 0 Å². The Bertz CT molecular complexity index is 876. The summed E-state index contributed by atoms with van der Waals surface area (Å²) in [5, 5.41) is 12.9. The van der Waals surface area contributed by atoms with Crippen molar-refractivity contribution in [2.45, 2.75) is 77.3 Å². The second kappa shape index (κ2) is 6.47. The van der Waals surface area contributed by atoms with Gasteiger partial charge in [0.1, 0.15) is 11.6 Å². The normalized spacial score (nSPS) is 23.1. The maximum atomic E-state index is 9.31. The molecule has 0 saturated heterocycles. The summed E-state index contributed by atoms with van der Waals surface area (Å²) in [5.74, 6) is 2.39. The fourth-order valence-electron chi connectivity index (χ4n) is 4.97. The number of nitrogens with zero attached hydrogens (tertiary/aromatic N) is 5. The van der Waals surface area contributed by atoms with Gasteiger partial charge in [-0.25, -0.2) is 4.98 Å². The van der Waals surface area contributed by atoms with Gasteiger partial charge in [0.25, 0.3) is 0 Å². The first-order valence-corrected chi connectivity index (χ1v) is 10.6. The van der Waals surface area contributed by atoms with Crippen LogP contribution >= 0.6 is 0 Å². The van der Waals surface area contributed by atoms with Crippen molar-refractivity contribution in [2.75, 3.05) is 5.32 Å². The number of aromatic nitrogens is 4. The highest BCUT2D eigenvalue weighted by atomic mass is 15.2. The SMILES string of the molecule is C[C@@H](Nc1nc(C#N)nc2ncn(CC3CCC4(CC3)CC4)c12)C1CCC1. The van der Waals surface area contributed by atoms with Crippen LogP contribution in [0, 0.1) is 28.6 Å². The third kappa shape index (κ3) is 3.18. The van der Waals surface area contributed by atoms with Crippen molar-refractivity contribution in [3.63, 3.8) is 0 Å². The Labute approximate surface area is 160 Å². The summed E-state index contributed by atoms with van der Waals surface area (Å²) < 4.78 is 2.22. The molecule has 1 spiro atoms. The molecule has 3 aliphatic carbocycles. The maximum Gasteiger partial charge on any atom is 0.236 e. The molecule has 27 heavy (non-hydrogen) atoms. The van der Waals surface area contributed by atoms with Crippen LogP contribution in [0.3, 0.4) is 0 Å². The van der Waals surface area contributed by atoms with Gasteiger partial charge in [-0.3, -0.25) is 0 Å². The number of rotatable bonds is 5. The van der Waals surface area contributed by atoms with E-state index in [0.29, 0.717) is 23.5 Å². The van der Waals surface area contributed by atoms with Crippen molar-refractivity contribution in [3.8, 4) is 6.07 Å². The molecule has 3 saturated carbocycles. The van der Waals surface area contributed by atoms with Crippen LogP contribution in [0.25, 0.3) is 11.2 Å². The Balaban J connectivity index is 1.41. The lowest BCUT2D eigenvalue weighted by Crippen LogP contribution is -2.31. The molecule has 1 N–H and O–H groups in total. The van der Waals surface area contributed by atoms with Crippen LogP contribution in [0.15, 0.2) is 6.33 Å². The fourth-order valence-corrected chi connectivity index (χ4v) is 4.97. The lowest BCUT2D eigenvalue weighted by Gasteiger charge is -2.32. The highest BCUT2D eigenvalue weighted by molar-refractivity contribution is 5.83. The molecule has 0 amide bonds. The van der Waals surface area contributed by atoms with E-state index in [2.05, 4.69) is 37.8 Å². The van der Waals surface area contributed by atoms with Crippen molar-refractivity contribution in [1.29, 1.82) is 5.26 Å². The van der Waals surface area contributed by atoms with Gasteiger partial charge < -0.3 is 9.88 Å². The largest absolute Gasteiger partial charge is 0.365 e. The van der Waals surface area contributed by atoms with Gasteiger partial charge in [0.05, 0.1) is 6.33 Å². The summed E-state index contributed by atoms with van der Waals surface area (Å²) in [6, 6.07) is 2.44. The van der Waals surface area contributed by atoms with E-state index in [1.54, 1.807) is 0 Å². The predicted octanol–water partition coefficient (Wildman–Crippen LogP) is 4.27. The van der Waals surface area contributed by atoms with Crippen molar-refractivity contribution in [3.05, 3.63) is 12.2 Å². The van der Waals surface area contributed by atoms with Crippen molar-refractivity contribution in [1.82, 2.24) is 19.5 Å². The Morgan fingerprint density at radius 1 is 1.22 bits per heavy atom. The molecular formula is C21H28N6. The number of nitrogens with one attached hydrogen (secondary N) is 1. The summed E-state index contributed by atoms with van der Waals surface area (Å²) in [6.45, 7) is 3.20. The van der Waals surface area contributed by atoms with E-state index >= 15 is 0 Å². The van der Waals surface area contributed by atoms with Gasteiger partial charge in [0.15, 0.2) is 11.5 Å². The summed E-state index contributed by atoms with van der Waals surface area (Å²) >= 11 is 0. The number of hydrogen-bond acceptors (Lipinski definition) is 5. The molecule has 1 atom stereocenters. The summed E-state index contributed by atoms with van der Waals surface area (Å²) in [4.78, 5) is 13.4. The highest BCUT2D eigenvalue weighted by Gasteiger charge is 2.44. The number of imidazole rings is 1. The molecule has 0 radical (unpaired) electrons. The molecule has 3 aliphatic rings. The van der Waals surface area contributed by atoms with Crippen LogP contribution in [-0.2, 0) is 6.54 Å². The molecule has 3 fully saturated rings. The average Bonchev–Trinajstić information content (AvgIpc) is 3.26. The second-order valence-electron chi connectivity index (χ2n) is 9.14. The predicted molar refractivity (Wildman–Crippen MR) is 104 cm³/mol. The van der Waals surface area contributed by atoms with Crippen molar-refractivity contribution < 1.29 is 0 Å². The highest BCUT2D eigenvalue weighted by Crippen LogP contribution is 2.57. The Morgan fingerprint density at radius 2 is 2.00 bits per heavy atom. The number of nitriles is 1. The third-order valence-electron chi connectivity index (χ3n) is 7.37. The van der Waals surface area contributed by atoms with Crippen LogP contribution in [0.1, 0.15) is 70.5 Å². The molecule has 2 heterocycles. The molecule has 0 aromatic carbocycles. The van der Waals surface area contributed by atoms with Crippen LogP contribution in [0.5, 0.6) is 0 Å². The fraction of sp³-hybridized carbons (Fsp3) is 0.714. The third-order valence-corrected chi connectivity index (χ3v) is 7.37. The van der Waals surface area contributed by atoms with Gasteiger partial charge in [-0.05, 0) is 75.5 Å². The van der Waals surface area contributed by atoms with E-state index in [1.807, 2.05) is 6.33 Å². The topological polar surface area (TPSA) is 79.4 Å². The van der Waals surface area contributed by atoms with E-state index in [9.17, 15) is 5.26 Å². The standard InChI is InChI=1S/C21H28N6/c1-14(16-3-2-4-16)24-20-18-19(25-17(11-22)26-20)23-13-27(18)12-15-5-7-21(8-6-15)9-10-21/h13-16H,2-10,12H2,1H3,(H,24,25,26)/t14-/m1/s1. The summed E-state index contributed by atoms with van der Waals surface area (Å²) in [7, 11) is 0. The molecule has 142 valence electrons. The second-order valence-corrected chi connectivity index (χ2v) is 9.14. The minimum atomic E-state index is 0.199. The molecule has 0 unspecified atom stereocenters. The zero-order valence-electron chi connectivity index (χ0n) is 16.1. The number of hydrogen-bond donors (Lipinski definition) is 1. The monoisotopic (exact) mass is 364 g/mol. The molecule has 5 rings (SSSR count). The Morgan fingerprint density at radius 3 is 2.63 bits per heavy atom. The van der Waals surface area contributed by atoms with Gasteiger partial charge in [0.2, 0.25) is 5.82 Å². The summed E-state index contributed by atoms with van der Waals surface area (Å²) in [6.07, 6.45) is 14.1. The van der Waals surface area contributed by atoms with E-state index in [0.717, 1.165) is 23.3 Å². The molecule has 0 aliphatic heterocycles. The van der Waals surface area contributed by atoms with E-state index in [1.165, 1.54) is 57.8 Å². The first-order valence-electron chi connectivity index (χ1n) is 10.6. The van der Waals surface area contributed by atoms with Crippen molar-refractivity contribution >= 4 is 17.0 Å². The zero-order valence-corrected chi connectivity index (χ0v) is 16.1. The maximum absolute atomic E-state index is 9.31. The van der Waals surface area contributed by atoms with Gasteiger partial charge in [-0.1, -0.05) is 6.42 Å². The summed E-state index contributed by atoms with van der Waals surface area (Å²) in [5.41, 5.74) is 2.33. The Kier molecular flexibility index (Phi) is 4.07. The smallest absolute Gasteiger partial charge is 0.236 e. The van der Waals surface area contributed by atoms with E-state index in [-0.39, 0.29) is 5.82 Å². The Hall–Kier alpha value is -2.16. The lowest BCUT2D eigenvalue weighted by atomic mass is 9.80. The number of fused-ring (bicyclic) bond motifs is 1. The average molecular weight is 364 g/mol. The van der Waals surface area contributed by atoms with Crippen molar-refractivity contribution in [2.24, 2.45) is 17.3 Å². The minimum Gasteiger partial charge on any atom is -0.365 e. The molecule has 2 aromatic rings. The van der Waals surface area contributed by atoms with Gasteiger partial charge >= 0.3 is 0 Å². The van der Waals surface area contributed by atoms with Crippen LogP contribution in [0.2, 0.25) is 0 Å². The van der Waals surface area contributed by atoms with Crippen LogP contribution < -0.4 is 5.32 Å². The van der Waals surface area contributed by atoms with Gasteiger partial charge in [-0.15, -0.1) is 0 Å². The van der Waals surface area contributed by atoms with Gasteiger partial charge in [-0.2, -0.15) is 15.2 Å². The number of anilines is 1. The first-order chi connectivity index (χ1) is 13.2. The van der Waals surface area contributed by atoms with Gasteiger partial charge in [0, 0.05) is 12.6 Å². The lowest BCUT2D eigenvalue weighted by molar-refractivity contribution is 0.238. The molecular weight excluding hydrogens is 336 g/mol. The molecule has 2 aromatic heterocycles. The molecule has 6 heteroatoms. The quantitative estimate of drug-likeness (QED) is 0.857.